The van der Waals surface area contributed by atoms with Crippen LogP contribution in [0.5, 0.6) is 0 Å². The van der Waals surface area contributed by atoms with Gasteiger partial charge in [-0.25, -0.2) is 4.39 Å². The van der Waals surface area contributed by atoms with Crippen LogP contribution in [0.2, 0.25) is 0 Å². The Kier molecular flexibility index (Phi) is 5.04. The van der Waals surface area contributed by atoms with Gasteiger partial charge in [0.1, 0.15) is 10.8 Å². The van der Waals surface area contributed by atoms with Gasteiger partial charge in [0.2, 0.25) is 0 Å². The molecule has 0 spiro atoms. The molecule has 0 fully saturated rings. The van der Waals surface area contributed by atoms with E-state index >= 15 is 0 Å². The average Bonchev–Trinajstić information content (AvgIpc) is 2.41. The van der Waals surface area contributed by atoms with E-state index in [0.29, 0.717) is 17.7 Å². The molecule has 0 bridgehead atoms. The fourth-order valence-electron chi connectivity index (χ4n) is 2.32. The van der Waals surface area contributed by atoms with Crippen molar-refractivity contribution in [3.8, 4) is 0 Å². The van der Waals surface area contributed by atoms with Crippen LogP contribution in [0.15, 0.2) is 42.5 Å². The lowest BCUT2D eigenvalue weighted by Gasteiger charge is -2.18. The quantitative estimate of drug-likeness (QED) is 0.858. The van der Waals surface area contributed by atoms with Crippen LogP contribution in [-0.2, 0) is 13.1 Å². The Hall–Kier alpha value is -1.78. The Bertz CT molecular complexity index is 655. The summed E-state index contributed by atoms with van der Waals surface area (Å²) in [7, 11) is 1.97. The summed E-state index contributed by atoms with van der Waals surface area (Å²) in [6.45, 7) is 3.34. The normalized spacial score (nSPS) is 10.9. The Morgan fingerprint density at radius 2 is 1.95 bits per heavy atom. The summed E-state index contributed by atoms with van der Waals surface area (Å²) < 4.78 is 13.9. The largest absolute Gasteiger partial charge is 0.389 e. The van der Waals surface area contributed by atoms with Gasteiger partial charge in [-0.05, 0) is 37.7 Å². The van der Waals surface area contributed by atoms with Crippen molar-refractivity contribution in [3.63, 3.8) is 0 Å². The predicted octanol–water partition coefficient (Wildman–Crippen LogP) is 3.40. The highest BCUT2D eigenvalue weighted by Crippen LogP contribution is 2.15. The average molecular weight is 302 g/mol. The highest BCUT2D eigenvalue weighted by atomic mass is 32.1. The standard InChI is InChI=1S/C17H19FN2S/c1-12-4-3-5-13(8-12)10-20(2)11-15-9-14(17(19)21)6-7-16(15)18/h3-9H,10-11H2,1-2H3,(H2,19,21). The molecular weight excluding hydrogens is 283 g/mol. The van der Waals surface area contributed by atoms with Crippen molar-refractivity contribution < 1.29 is 4.39 Å². The van der Waals surface area contributed by atoms with Crippen molar-refractivity contribution in [2.75, 3.05) is 7.05 Å². The van der Waals surface area contributed by atoms with Gasteiger partial charge in [0.05, 0.1) is 0 Å². The fraction of sp³-hybridized carbons (Fsp3) is 0.235. The van der Waals surface area contributed by atoms with Gasteiger partial charge in [-0.2, -0.15) is 0 Å². The monoisotopic (exact) mass is 302 g/mol. The molecule has 0 aliphatic carbocycles. The molecule has 4 heteroatoms. The second kappa shape index (κ2) is 6.78. The lowest BCUT2D eigenvalue weighted by Crippen LogP contribution is -2.19. The van der Waals surface area contributed by atoms with Crippen molar-refractivity contribution in [1.29, 1.82) is 0 Å². The van der Waals surface area contributed by atoms with Crippen LogP contribution in [0.3, 0.4) is 0 Å². The summed E-state index contributed by atoms with van der Waals surface area (Å²) in [5, 5.41) is 0. The van der Waals surface area contributed by atoms with E-state index in [0.717, 1.165) is 6.54 Å². The van der Waals surface area contributed by atoms with E-state index in [4.69, 9.17) is 18.0 Å². The number of aryl methyl sites for hydroxylation is 1. The maximum absolute atomic E-state index is 13.9. The number of nitrogens with zero attached hydrogens (tertiary/aromatic N) is 1. The van der Waals surface area contributed by atoms with E-state index in [1.807, 2.05) is 13.1 Å². The summed E-state index contributed by atoms with van der Waals surface area (Å²) in [5.74, 6) is -0.230. The van der Waals surface area contributed by atoms with Gasteiger partial charge in [0.25, 0.3) is 0 Å². The van der Waals surface area contributed by atoms with Crippen LogP contribution >= 0.6 is 12.2 Å². The highest BCUT2D eigenvalue weighted by Gasteiger charge is 2.09. The maximum Gasteiger partial charge on any atom is 0.127 e. The van der Waals surface area contributed by atoms with E-state index < -0.39 is 0 Å². The van der Waals surface area contributed by atoms with Crippen molar-refractivity contribution in [1.82, 2.24) is 4.90 Å². The molecule has 0 radical (unpaired) electrons. The van der Waals surface area contributed by atoms with Gasteiger partial charge in [-0.3, -0.25) is 4.90 Å². The number of rotatable bonds is 5. The molecule has 2 N–H and O–H groups in total. The Labute approximate surface area is 130 Å². The van der Waals surface area contributed by atoms with Crippen LogP contribution in [-0.4, -0.2) is 16.9 Å². The number of hydrogen-bond acceptors (Lipinski definition) is 2. The van der Waals surface area contributed by atoms with Gasteiger partial charge < -0.3 is 5.73 Å². The molecule has 2 aromatic rings. The predicted molar refractivity (Wildman–Crippen MR) is 88.6 cm³/mol. The minimum absolute atomic E-state index is 0.230. The minimum Gasteiger partial charge on any atom is -0.389 e. The molecule has 0 aliphatic rings. The summed E-state index contributed by atoms with van der Waals surface area (Å²) in [4.78, 5) is 2.36. The van der Waals surface area contributed by atoms with Crippen molar-refractivity contribution in [2.45, 2.75) is 20.0 Å². The lowest BCUT2D eigenvalue weighted by molar-refractivity contribution is 0.313. The van der Waals surface area contributed by atoms with Gasteiger partial charge in [-0.1, -0.05) is 42.0 Å². The SMILES string of the molecule is Cc1cccc(CN(C)Cc2cc(C(N)=S)ccc2F)c1. The highest BCUT2D eigenvalue weighted by molar-refractivity contribution is 7.80. The van der Waals surface area contributed by atoms with E-state index in [9.17, 15) is 4.39 Å². The Balaban J connectivity index is 2.10. The van der Waals surface area contributed by atoms with Crippen LogP contribution in [0, 0.1) is 12.7 Å². The van der Waals surface area contributed by atoms with Crippen molar-refractivity contribution >= 4 is 17.2 Å². The first-order valence-electron chi connectivity index (χ1n) is 6.78. The third-order valence-electron chi connectivity index (χ3n) is 3.31. The third kappa shape index (κ3) is 4.34. The molecular formula is C17H19FN2S. The Morgan fingerprint density at radius 1 is 1.19 bits per heavy atom. The van der Waals surface area contributed by atoms with Crippen molar-refractivity contribution in [2.24, 2.45) is 5.73 Å². The van der Waals surface area contributed by atoms with E-state index in [2.05, 4.69) is 30.0 Å². The molecule has 2 nitrogen and oxygen atoms in total. The van der Waals surface area contributed by atoms with Crippen LogP contribution < -0.4 is 5.73 Å². The molecule has 0 saturated heterocycles. The Morgan fingerprint density at radius 3 is 2.62 bits per heavy atom. The van der Waals surface area contributed by atoms with Gasteiger partial charge in [0.15, 0.2) is 0 Å². The van der Waals surface area contributed by atoms with Crippen LogP contribution in [0.25, 0.3) is 0 Å². The van der Waals surface area contributed by atoms with Gasteiger partial charge >= 0.3 is 0 Å². The second-order valence-corrected chi connectivity index (χ2v) is 5.77. The van der Waals surface area contributed by atoms with Crippen LogP contribution in [0.1, 0.15) is 22.3 Å². The van der Waals surface area contributed by atoms with E-state index in [1.54, 1.807) is 12.1 Å². The van der Waals surface area contributed by atoms with E-state index in [-0.39, 0.29) is 10.8 Å². The zero-order valence-corrected chi connectivity index (χ0v) is 13.1. The molecule has 0 heterocycles. The first-order chi connectivity index (χ1) is 9.95. The molecule has 0 atom stereocenters. The lowest BCUT2D eigenvalue weighted by atomic mass is 10.1. The number of hydrogen-bond donors (Lipinski definition) is 1. The van der Waals surface area contributed by atoms with E-state index in [1.165, 1.54) is 17.2 Å². The first-order valence-corrected chi connectivity index (χ1v) is 7.19. The smallest absolute Gasteiger partial charge is 0.127 e. The van der Waals surface area contributed by atoms with Crippen LogP contribution in [0.4, 0.5) is 4.39 Å². The van der Waals surface area contributed by atoms with Gasteiger partial charge in [0, 0.05) is 24.2 Å². The van der Waals surface area contributed by atoms with Crippen molar-refractivity contribution in [3.05, 3.63) is 70.5 Å². The molecule has 0 amide bonds. The fourth-order valence-corrected chi connectivity index (χ4v) is 2.45. The molecule has 0 unspecified atom stereocenters. The molecule has 2 aromatic carbocycles. The number of thiocarbonyl (C=S) groups is 1. The second-order valence-electron chi connectivity index (χ2n) is 5.33. The maximum atomic E-state index is 13.9. The first kappa shape index (κ1) is 15.6. The molecule has 0 saturated carbocycles. The molecule has 2 rings (SSSR count). The van der Waals surface area contributed by atoms with Gasteiger partial charge in [-0.15, -0.1) is 0 Å². The minimum atomic E-state index is -0.230. The summed E-state index contributed by atoms with van der Waals surface area (Å²) in [6, 6.07) is 13.1. The number of nitrogens with two attached hydrogens (primary N) is 1. The number of benzene rings is 2. The molecule has 0 aromatic heterocycles. The summed E-state index contributed by atoms with van der Waals surface area (Å²) in [6.07, 6.45) is 0. The molecule has 0 aliphatic heterocycles. The number of halogens is 1. The third-order valence-corrected chi connectivity index (χ3v) is 3.54. The summed E-state index contributed by atoms with van der Waals surface area (Å²) in [5.41, 5.74) is 9.34. The topological polar surface area (TPSA) is 29.3 Å². The molecule has 110 valence electrons. The zero-order chi connectivity index (χ0) is 15.4. The molecule has 21 heavy (non-hydrogen) atoms. The zero-order valence-electron chi connectivity index (χ0n) is 12.3. The summed E-state index contributed by atoms with van der Waals surface area (Å²) >= 11 is 4.94.